The third-order valence-electron chi connectivity index (χ3n) is 4.80. The van der Waals surface area contributed by atoms with Crippen molar-refractivity contribution < 1.29 is 9.18 Å². The topological polar surface area (TPSA) is 35.6 Å². The molecule has 2 aromatic rings. The number of nitrogens with zero attached hydrogens (tertiary/aromatic N) is 2. The molecule has 4 nitrogen and oxygen atoms in total. The van der Waals surface area contributed by atoms with Crippen molar-refractivity contribution in [3.05, 3.63) is 83.4 Å². The Hall–Kier alpha value is -2.66. The summed E-state index contributed by atoms with van der Waals surface area (Å²) in [4.78, 5) is 14.5. The monoisotopic (exact) mass is 337 g/mol. The van der Waals surface area contributed by atoms with Crippen LogP contribution in [0.15, 0.2) is 60.9 Å². The lowest BCUT2D eigenvalue weighted by atomic mass is 10.00. The van der Waals surface area contributed by atoms with Crippen molar-refractivity contribution in [2.45, 2.75) is 32.0 Å². The van der Waals surface area contributed by atoms with Crippen molar-refractivity contribution in [2.24, 2.45) is 0 Å². The molecule has 2 atom stereocenters. The summed E-state index contributed by atoms with van der Waals surface area (Å²) in [5.74, 6) is -0.247. The van der Waals surface area contributed by atoms with E-state index in [1.165, 1.54) is 23.3 Å². The van der Waals surface area contributed by atoms with Gasteiger partial charge in [-0.15, -0.1) is 0 Å². The zero-order chi connectivity index (χ0) is 17.4. The number of benzene rings is 2. The molecule has 0 saturated carbocycles. The van der Waals surface area contributed by atoms with Gasteiger partial charge in [0.2, 0.25) is 0 Å². The smallest absolute Gasteiger partial charge is 0.251 e. The molecular weight excluding hydrogens is 317 g/mol. The summed E-state index contributed by atoms with van der Waals surface area (Å²) >= 11 is 0. The van der Waals surface area contributed by atoms with Gasteiger partial charge in [0.15, 0.2) is 0 Å². The minimum absolute atomic E-state index is 0.0360. The Bertz CT molecular complexity index is 818. The van der Waals surface area contributed by atoms with Gasteiger partial charge in [0.05, 0.1) is 12.6 Å². The molecule has 0 bridgehead atoms. The van der Waals surface area contributed by atoms with E-state index in [4.69, 9.17) is 0 Å². The van der Waals surface area contributed by atoms with Crippen molar-refractivity contribution >= 4 is 5.91 Å². The number of amides is 1. The molecule has 4 rings (SSSR count). The Morgan fingerprint density at radius 1 is 1.16 bits per heavy atom. The lowest BCUT2D eigenvalue weighted by Gasteiger charge is -2.31. The quantitative estimate of drug-likeness (QED) is 0.934. The van der Waals surface area contributed by atoms with Crippen LogP contribution >= 0.6 is 0 Å². The van der Waals surface area contributed by atoms with Gasteiger partial charge in [0.25, 0.3) is 5.91 Å². The van der Waals surface area contributed by atoms with Crippen LogP contribution in [0.25, 0.3) is 0 Å². The van der Waals surface area contributed by atoms with Crippen LogP contribution in [0.5, 0.6) is 0 Å². The van der Waals surface area contributed by atoms with Gasteiger partial charge >= 0.3 is 0 Å². The second-order valence-corrected chi connectivity index (χ2v) is 6.65. The third kappa shape index (κ3) is 3.15. The van der Waals surface area contributed by atoms with E-state index < -0.39 is 0 Å². The predicted molar refractivity (Wildman–Crippen MR) is 93.4 cm³/mol. The first-order chi connectivity index (χ1) is 12.1. The molecule has 2 unspecified atom stereocenters. The van der Waals surface area contributed by atoms with Gasteiger partial charge in [0.1, 0.15) is 11.9 Å². The normalized spacial score (nSPS) is 22.4. The van der Waals surface area contributed by atoms with Crippen LogP contribution in [-0.2, 0) is 11.3 Å². The number of fused-ring (bicyclic) bond motifs is 1. The maximum absolute atomic E-state index is 13.4. The number of rotatable bonds is 3. The molecule has 0 aromatic heterocycles. The van der Waals surface area contributed by atoms with Crippen LogP contribution in [0, 0.1) is 12.7 Å². The number of nitrogens with one attached hydrogen (secondary N) is 1. The first kappa shape index (κ1) is 15.8. The van der Waals surface area contributed by atoms with Crippen LogP contribution in [0.1, 0.15) is 29.2 Å². The van der Waals surface area contributed by atoms with Crippen LogP contribution in [0.4, 0.5) is 4.39 Å². The van der Waals surface area contributed by atoms with Gasteiger partial charge in [-0.25, -0.2) is 9.82 Å². The highest BCUT2D eigenvalue weighted by atomic mass is 19.1. The van der Waals surface area contributed by atoms with Gasteiger partial charge in [-0.3, -0.25) is 4.79 Å². The zero-order valence-electron chi connectivity index (χ0n) is 14.0. The summed E-state index contributed by atoms with van der Waals surface area (Å²) in [5.41, 5.74) is 6.57. The van der Waals surface area contributed by atoms with Crippen molar-refractivity contribution in [1.29, 1.82) is 0 Å². The Kier molecular flexibility index (Phi) is 4.01. The van der Waals surface area contributed by atoms with Crippen LogP contribution in [-0.4, -0.2) is 21.9 Å². The molecule has 2 heterocycles. The summed E-state index contributed by atoms with van der Waals surface area (Å²) in [6.07, 6.45) is 4.36. The van der Waals surface area contributed by atoms with Gasteiger partial charge in [-0.05, 0) is 36.6 Å². The fourth-order valence-electron chi connectivity index (χ4n) is 3.42. The molecule has 5 heteroatoms. The van der Waals surface area contributed by atoms with Gasteiger partial charge in [-0.2, -0.15) is 0 Å². The second-order valence-electron chi connectivity index (χ2n) is 6.65. The van der Waals surface area contributed by atoms with Crippen molar-refractivity contribution in [2.75, 3.05) is 0 Å². The highest BCUT2D eigenvalue weighted by Crippen LogP contribution is 2.31. The van der Waals surface area contributed by atoms with Crippen molar-refractivity contribution in [3.8, 4) is 0 Å². The summed E-state index contributed by atoms with van der Waals surface area (Å²) < 4.78 is 13.4. The molecule has 128 valence electrons. The number of hydrazine groups is 1. The fourth-order valence-corrected chi connectivity index (χ4v) is 3.42. The van der Waals surface area contributed by atoms with E-state index in [1.807, 2.05) is 17.3 Å². The average Bonchev–Trinajstić information content (AvgIpc) is 3.03. The number of aryl methyl sites for hydroxylation is 1. The standard InChI is InChI=1S/C20H20FN3O/c1-14-5-7-16(8-6-14)18-12-19-20(25)23(9-10-24(19)22-18)13-15-3-2-4-17(21)11-15/h2-11,18-19,22H,12-13H2,1H3. The van der Waals surface area contributed by atoms with Crippen LogP contribution in [0.3, 0.4) is 0 Å². The Labute approximate surface area is 146 Å². The lowest BCUT2D eigenvalue weighted by Crippen LogP contribution is -2.47. The molecule has 1 N–H and O–H groups in total. The van der Waals surface area contributed by atoms with Crippen molar-refractivity contribution in [1.82, 2.24) is 15.3 Å². The minimum Gasteiger partial charge on any atom is -0.311 e. The molecule has 25 heavy (non-hydrogen) atoms. The van der Waals surface area contributed by atoms with E-state index >= 15 is 0 Å². The van der Waals surface area contributed by atoms with Crippen molar-refractivity contribution in [3.63, 3.8) is 0 Å². The molecule has 2 aromatic carbocycles. The first-order valence-electron chi connectivity index (χ1n) is 8.44. The molecular formula is C20H20FN3O. The molecule has 0 spiro atoms. The van der Waals surface area contributed by atoms with E-state index in [-0.39, 0.29) is 23.8 Å². The van der Waals surface area contributed by atoms with Gasteiger partial charge in [-0.1, -0.05) is 42.0 Å². The fraction of sp³-hybridized carbons (Fsp3) is 0.250. The highest BCUT2D eigenvalue weighted by molar-refractivity contribution is 5.84. The van der Waals surface area contributed by atoms with E-state index in [2.05, 4.69) is 36.6 Å². The molecule has 2 aliphatic rings. The summed E-state index contributed by atoms with van der Waals surface area (Å²) in [6, 6.07) is 14.6. The molecule has 1 amide bonds. The zero-order valence-corrected chi connectivity index (χ0v) is 14.0. The number of halogens is 1. The minimum atomic E-state index is -0.283. The molecule has 2 aliphatic heterocycles. The maximum atomic E-state index is 13.4. The highest BCUT2D eigenvalue weighted by Gasteiger charge is 2.39. The Morgan fingerprint density at radius 3 is 2.72 bits per heavy atom. The van der Waals surface area contributed by atoms with E-state index in [0.29, 0.717) is 13.0 Å². The molecule has 1 fully saturated rings. The summed E-state index contributed by atoms with van der Waals surface area (Å²) in [5, 5.41) is 1.88. The number of hydrogen-bond donors (Lipinski definition) is 1. The second kappa shape index (κ2) is 6.33. The van der Waals surface area contributed by atoms with E-state index in [1.54, 1.807) is 17.2 Å². The number of carbonyl (C=O) groups is 1. The third-order valence-corrected chi connectivity index (χ3v) is 4.80. The average molecular weight is 337 g/mol. The van der Waals surface area contributed by atoms with Gasteiger partial charge in [0, 0.05) is 12.4 Å². The van der Waals surface area contributed by atoms with E-state index in [9.17, 15) is 9.18 Å². The largest absolute Gasteiger partial charge is 0.311 e. The van der Waals surface area contributed by atoms with Gasteiger partial charge < -0.3 is 9.91 Å². The predicted octanol–water partition coefficient (Wildman–Crippen LogP) is 3.27. The Morgan fingerprint density at radius 2 is 1.96 bits per heavy atom. The molecule has 0 aliphatic carbocycles. The molecule has 0 radical (unpaired) electrons. The number of hydrogen-bond acceptors (Lipinski definition) is 3. The molecule has 1 saturated heterocycles. The SMILES string of the molecule is Cc1ccc(C2CC3C(=O)N(Cc4cccc(F)c4)C=CN3N2)cc1. The van der Waals surface area contributed by atoms with Crippen LogP contribution < -0.4 is 5.43 Å². The number of carbonyl (C=O) groups excluding carboxylic acids is 1. The lowest BCUT2D eigenvalue weighted by molar-refractivity contribution is -0.134. The maximum Gasteiger partial charge on any atom is 0.251 e. The summed E-state index contributed by atoms with van der Waals surface area (Å²) in [7, 11) is 0. The summed E-state index contributed by atoms with van der Waals surface area (Å²) in [6.45, 7) is 2.44. The Balaban J connectivity index is 1.49. The van der Waals surface area contributed by atoms with E-state index in [0.717, 1.165) is 5.56 Å². The first-order valence-corrected chi connectivity index (χ1v) is 8.44. The van der Waals surface area contributed by atoms with Crippen LogP contribution in [0.2, 0.25) is 0 Å².